The van der Waals surface area contributed by atoms with E-state index in [9.17, 15) is 4.79 Å². The van der Waals surface area contributed by atoms with Crippen LogP contribution in [0.2, 0.25) is 0 Å². The largest absolute Gasteiger partial charge is 0.259 e. The Morgan fingerprint density at radius 1 is 1.73 bits per heavy atom. The summed E-state index contributed by atoms with van der Waals surface area (Å²) in [5.74, 6) is 0. The SMILES string of the molecule is Cc1cccnc1CN=C=O. The zero-order valence-electron chi connectivity index (χ0n) is 6.24. The van der Waals surface area contributed by atoms with Crippen molar-refractivity contribution < 1.29 is 4.79 Å². The lowest BCUT2D eigenvalue weighted by Gasteiger charge is -1.96. The molecule has 56 valence electrons. The highest BCUT2D eigenvalue weighted by molar-refractivity contribution is 5.33. The number of aryl methyl sites for hydroxylation is 1. The zero-order valence-corrected chi connectivity index (χ0v) is 6.24. The van der Waals surface area contributed by atoms with Crippen molar-refractivity contribution in [2.45, 2.75) is 13.5 Å². The number of hydrogen-bond donors (Lipinski definition) is 0. The van der Waals surface area contributed by atoms with Crippen LogP contribution in [0.3, 0.4) is 0 Å². The van der Waals surface area contributed by atoms with Crippen LogP contribution in [0, 0.1) is 6.92 Å². The summed E-state index contributed by atoms with van der Waals surface area (Å²) in [5.41, 5.74) is 1.88. The summed E-state index contributed by atoms with van der Waals surface area (Å²) in [6, 6.07) is 3.78. The predicted octanol–water partition coefficient (Wildman–Crippen LogP) is 1.23. The van der Waals surface area contributed by atoms with Gasteiger partial charge in [-0.15, -0.1) is 0 Å². The molecule has 0 spiro atoms. The molecule has 0 aliphatic rings. The van der Waals surface area contributed by atoms with Gasteiger partial charge < -0.3 is 0 Å². The Labute approximate surface area is 64.8 Å². The summed E-state index contributed by atoms with van der Waals surface area (Å²) in [6.07, 6.45) is 3.16. The summed E-state index contributed by atoms with van der Waals surface area (Å²) in [4.78, 5) is 17.2. The lowest BCUT2D eigenvalue weighted by molar-refractivity contribution is 0.562. The smallest absolute Gasteiger partial charge is 0.235 e. The Balaban J connectivity index is 2.85. The molecule has 0 radical (unpaired) electrons. The van der Waals surface area contributed by atoms with Gasteiger partial charge in [-0.2, -0.15) is 4.99 Å². The summed E-state index contributed by atoms with van der Waals surface area (Å²) >= 11 is 0. The first-order valence-electron chi connectivity index (χ1n) is 3.28. The quantitative estimate of drug-likeness (QED) is 0.467. The Morgan fingerprint density at radius 3 is 3.18 bits per heavy atom. The predicted molar refractivity (Wildman–Crippen MR) is 40.8 cm³/mol. The average Bonchev–Trinajstić information content (AvgIpc) is 2.03. The Bertz CT molecular complexity index is 290. The van der Waals surface area contributed by atoms with Gasteiger partial charge in [-0.1, -0.05) is 6.07 Å². The van der Waals surface area contributed by atoms with E-state index in [1.807, 2.05) is 19.1 Å². The molecule has 0 amide bonds. The second-order valence-corrected chi connectivity index (χ2v) is 2.17. The molecular formula is C8H8N2O. The minimum absolute atomic E-state index is 0.330. The molecule has 0 aromatic carbocycles. The van der Waals surface area contributed by atoms with Crippen LogP contribution >= 0.6 is 0 Å². The lowest BCUT2D eigenvalue weighted by Crippen LogP contribution is -1.90. The van der Waals surface area contributed by atoms with E-state index in [4.69, 9.17) is 0 Å². The van der Waals surface area contributed by atoms with Crippen LogP contribution in [0.1, 0.15) is 11.3 Å². The Hall–Kier alpha value is -1.47. The molecule has 0 saturated carbocycles. The molecule has 0 aliphatic carbocycles. The van der Waals surface area contributed by atoms with E-state index < -0.39 is 0 Å². The van der Waals surface area contributed by atoms with Crippen molar-refractivity contribution in [3.8, 4) is 0 Å². The molecule has 0 saturated heterocycles. The monoisotopic (exact) mass is 148 g/mol. The van der Waals surface area contributed by atoms with Gasteiger partial charge in [-0.25, -0.2) is 4.79 Å². The van der Waals surface area contributed by atoms with E-state index in [1.165, 1.54) is 6.08 Å². The fraction of sp³-hybridized carbons (Fsp3) is 0.250. The molecule has 11 heavy (non-hydrogen) atoms. The maximum atomic E-state index is 9.77. The molecule has 0 N–H and O–H groups in total. The number of rotatable bonds is 2. The van der Waals surface area contributed by atoms with Crippen molar-refractivity contribution in [1.29, 1.82) is 0 Å². The number of hydrogen-bond acceptors (Lipinski definition) is 3. The van der Waals surface area contributed by atoms with Gasteiger partial charge in [0.2, 0.25) is 6.08 Å². The first kappa shape index (κ1) is 7.63. The highest BCUT2D eigenvalue weighted by atomic mass is 16.1. The Morgan fingerprint density at radius 2 is 2.55 bits per heavy atom. The van der Waals surface area contributed by atoms with Crippen molar-refractivity contribution >= 4 is 6.08 Å². The topological polar surface area (TPSA) is 42.3 Å². The summed E-state index contributed by atoms with van der Waals surface area (Å²) < 4.78 is 0. The fourth-order valence-electron chi connectivity index (χ4n) is 0.791. The van der Waals surface area contributed by atoms with E-state index >= 15 is 0 Å². The molecule has 0 fully saturated rings. The maximum absolute atomic E-state index is 9.77. The zero-order chi connectivity index (χ0) is 8.10. The van der Waals surface area contributed by atoms with E-state index in [0.717, 1.165) is 11.3 Å². The Kier molecular flexibility index (Phi) is 2.53. The highest BCUT2D eigenvalue weighted by Gasteiger charge is 1.94. The molecule has 0 unspecified atom stereocenters. The van der Waals surface area contributed by atoms with Crippen LogP contribution in [0.15, 0.2) is 23.3 Å². The van der Waals surface area contributed by atoms with Gasteiger partial charge in [0.05, 0.1) is 12.2 Å². The third-order valence-corrected chi connectivity index (χ3v) is 1.41. The van der Waals surface area contributed by atoms with Crippen molar-refractivity contribution in [2.24, 2.45) is 4.99 Å². The fourth-order valence-corrected chi connectivity index (χ4v) is 0.791. The van der Waals surface area contributed by atoms with Crippen LogP contribution in [-0.2, 0) is 11.3 Å². The summed E-state index contributed by atoms with van der Waals surface area (Å²) in [7, 11) is 0. The van der Waals surface area contributed by atoms with Gasteiger partial charge in [0.15, 0.2) is 0 Å². The molecule has 1 aromatic heterocycles. The van der Waals surface area contributed by atoms with Crippen LogP contribution in [0.25, 0.3) is 0 Å². The average molecular weight is 148 g/mol. The van der Waals surface area contributed by atoms with E-state index in [-0.39, 0.29) is 0 Å². The molecule has 1 heterocycles. The standard InChI is InChI=1S/C8H8N2O/c1-7-3-2-4-10-8(7)5-9-6-11/h2-4H,5H2,1H3. The maximum Gasteiger partial charge on any atom is 0.235 e. The normalized spacial score (nSPS) is 8.82. The van der Waals surface area contributed by atoms with Crippen LogP contribution in [-0.4, -0.2) is 11.1 Å². The third-order valence-electron chi connectivity index (χ3n) is 1.41. The van der Waals surface area contributed by atoms with Crippen LogP contribution < -0.4 is 0 Å². The number of carbonyl (C=O) groups excluding carboxylic acids is 1. The van der Waals surface area contributed by atoms with E-state index in [1.54, 1.807) is 6.20 Å². The van der Waals surface area contributed by atoms with Crippen molar-refractivity contribution in [3.63, 3.8) is 0 Å². The second kappa shape index (κ2) is 3.64. The molecular weight excluding hydrogens is 140 g/mol. The van der Waals surface area contributed by atoms with Gasteiger partial charge in [-0.05, 0) is 18.6 Å². The molecule has 3 nitrogen and oxygen atoms in total. The number of aliphatic imine (C=N–C) groups is 1. The number of isocyanates is 1. The highest BCUT2D eigenvalue weighted by Crippen LogP contribution is 2.03. The first-order valence-corrected chi connectivity index (χ1v) is 3.28. The summed E-state index contributed by atoms with van der Waals surface area (Å²) in [5, 5.41) is 0. The van der Waals surface area contributed by atoms with Gasteiger partial charge >= 0.3 is 0 Å². The van der Waals surface area contributed by atoms with Crippen molar-refractivity contribution in [3.05, 3.63) is 29.6 Å². The van der Waals surface area contributed by atoms with Gasteiger partial charge in [-0.3, -0.25) is 4.98 Å². The molecule has 0 atom stereocenters. The number of pyridine rings is 1. The van der Waals surface area contributed by atoms with Crippen molar-refractivity contribution in [1.82, 2.24) is 4.98 Å². The van der Waals surface area contributed by atoms with Gasteiger partial charge in [0, 0.05) is 6.20 Å². The van der Waals surface area contributed by atoms with Crippen LogP contribution in [0.5, 0.6) is 0 Å². The van der Waals surface area contributed by atoms with Crippen molar-refractivity contribution in [2.75, 3.05) is 0 Å². The van der Waals surface area contributed by atoms with Gasteiger partial charge in [0.25, 0.3) is 0 Å². The first-order chi connectivity index (χ1) is 5.34. The minimum Gasteiger partial charge on any atom is -0.259 e. The summed E-state index contributed by atoms with van der Waals surface area (Å²) in [6.45, 7) is 2.26. The minimum atomic E-state index is 0.330. The number of nitrogens with zero attached hydrogens (tertiary/aromatic N) is 2. The second-order valence-electron chi connectivity index (χ2n) is 2.17. The lowest BCUT2D eigenvalue weighted by atomic mass is 10.2. The van der Waals surface area contributed by atoms with Gasteiger partial charge in [0.1, 0.15) is 0 Å². The molecule has 1 aromatic rings. The number of aromatic nitrogens is 1. The third kappa shape index (κ3) is 1.99. The molecule has 3 heteroatoms. The van der Waals surface area contributed by atoms with E-state index in [0.29, 0.717) is 6.54 Å². The molecule has 0 bridgehead atoms. The van der Waals surface area contributed by atoms with E-state index in [2.05, 4.69) is 9.98 Å². The molecule has 1 rings (SSSR count). The van der Waals surface area contributed by atoms with Crippen LogP contribution in [0.4, 0.5) is 0 Å². The molecule has 0 aliphatic heterocycles.